The molecule has 6 fully saturated rings. The summed E-state index contributed by atoms with van der Waals surface area (Å²) < 4.78 is 18.1. The second-order valence-corrected chi connectivity index (χ2v) is 11.5. The van der Waals surface area contributed by atoms with Crippen LogP contribution < -0.4 is 0 Å². The van der Waals surface area contributed by atoms with Gasteiger partial charge in [0.2, 0.25) is 6.29 Å². The maximum Gasteiger partial charge on any atom is 0.332 e. The first-order chi connectivity index (χ1) is 13.8. The third kappa shape index (κ3) is 1.83. The zero-order chi connectivity index (χ0) is 19.8. The lowest BCUT2D eigenvalue weighted by atomic mass is 9.44. The Morgan fingerprint density at radius 2 is 1.90 bits per heavy atom. The van der Waals surface area contributed by atoms with Gasteiger partial charge in [-0.15, -0.1) is 0 Å². The second-order valence-electron chi connectivity index (χ2n) is 11.5. The maximum atomic E-state index is 12.1. The highest BCUT2D eigenvalue weighted by Gasteiger charge is 2.85. The lowest BCUT2D eigenvalue weighted by Crippen LogP contribution is -2.59. The number of esters is 1. The summed E-state index contributed by atoms with van der Waals surface area (Å²) in [6, 6.07) is 0. The van der Waals surface area contributed by atoms with Crippen molar-refractivity contribution >= 4 is 11.8 Å². The Kier molecular flexibility index (Phi) is 3.01. The minimum absolute atomic E-state index is 0.0312. The van der Waals surface area contributed by atoms with Gasteiger partial charge in [-0.1, -0.05) is 13.8 Å². The molecule has 3 heterocycles. The van der Waals surface area contributed by atoms with Crippen LogP contribution in [-0.2, 0) is 23.8 Å². The molecule has 0 aromatic carbocycles. The molecule has 7 rings (SSSR count). The summed E-state index contributed by atoms with van der Waals surface area (Å²) in [7, 11) is 0. The zero-order valence-corrected chi connectivity index (χ0v) is 17.3. The maximum absolute atomic E-state index is 12.1. The molecule has 10 atom stereocenters. The summed E-state index contributed by atoms with van der Waals surface area (Å²) in [6.07, 6.45) is 11.8. The fourth-order valence-corrected chi connectivity index (χ4v) is 9.25. The van der Waals surface area contributed by atoms with Gasteiger partial charge in [0, 0.05) is 30.3 Å². The molecule has 0 N–H and O–H groups in total. The van der Waals surface area contributed by atoms with E-state index in [0.717, 1.165) is 32.1 Å². The number of epoxide rings is 2. The molecule has 7 aliphatic rings. The Hall–Kier alpha value is -1.20. The number of carbonyl (C=O) groups is 2. The van der Waals surface area contributed by atoms with E-state index in [9.17, 15) is 9.59 Å². The van der Waals surface area contributed by atoms with E-state index in [2.05, 4.69) is 13.8 Å². The van der Waals surface area contributed by atoms with Crippen LogP contribution in [0.5, 0.6) is 0 Å². The fourth-order valence-electron chi connectivity index (χ4n) is 9.25. The molecular formula is C24H30O5. The van der Waals surface area contributed by atoms with Crippen LogP contribution in [0.4, 0.5) is 0 Å². The first-order valence-electron chi connectivity index (χ1n) is 11.6. The monoisotopic (exact) mass is 398 g/mol. The average molecular weight is 398 g/mol. The summed E-state index contributed by atoms with van der Waals surface area (Å²) in [5.41, 5.74) is -0.0950. The van der Waals surface area contributed by atoms with E-state index in [0.29, 0.717) is 41.0 Å². The number of fused-ring (bicyclic) bond motifs is 4. The molecule has 0 bridgehead atoms. The summed E-state index contributed by atoms with van der Waals surface area (Å²) >= 11 is 0. The molecule has 3 aliphatic heterocycles. The molecule has 2 saturated heterocycles. The van der Waals surface area contributed by atoms with Crippen molar-refractivity contribution in [1.82, 2.24) is 0 Å². The van der Waals surface area contributed by atoms with Crippen molar-refractivity contribution in [3.05, 3.63) is 12.2 Å². The minimum Gasteiger partial charge on any atom is -0.429 e. The normalized spacial score (nSPS) is 61.6. The molecule has 0 amide bonds. The Balaban J connectivity index is 1.24. The quantitative estimate of drug-likeness (QED) is 0.499. The molecule has 156 valence electrons. The van der Waals surface area contributed by atoms with Crippen molar-refractivity contribution in [3.63, 3.8) is 0 Å². The van der Waals surface area contributed by atoms with Crippen molar-refractivity contribution in [1.29, 1.82) is 0 Å². The van der Waals surface area contributed by atoms with E-state index < -0.39 is 11.9 Å². The van der Waals surface area contributed by atoms with Gasteiger partial charge < -0.3 is 14.2 Å². The molecule has 5 nitrogen and oxygen atoms in total. The predicted molar refractivity (Wildman–Crippen MR) is 103 cm³/mol. The smallest absolute Gasteiger partial charge is 0.332 e. The van der Waals surface area contributed by atoms with Crippen molar-refractivity contribution in [2.24, 2.45) is 34.5 Å². The lowest BCUT2D eigenvalue weighted by Gasteiger charge is -2.60. The summed E-state index contributed by atoms with van der Waals surface area (Å²) in [4.78, 5) is 23.8. The summed E-state index contributed by atoms with van der Waals surface area (Å²) in [5.74, 6) is 2.36. The molecule has 4 aliphatic carbocycles. The average Bonchev–Trinajstić information content (AvgIpc) is 3.57. The van der Waals surface area contributed by atoms with E-state index in [1.54, 1.807) is 6.08 Å². The SMILES string of the molecule is CC12CCC(=O)CC1CCC1C2CCC2(C)C(C34C=CC(=O)OC3O4)CC3OC312. The van der Waals surface area contributed by atoms with Crippen molar-refractivity contribution in [2.45, 2.75) is 88.8 Å². The zero-order valence-electron chi connectivity index (χ0n) is 17.3. The second kappa shape index (κ2) is 4.99. The molecule has 10 unspecified atom stereocenters. The number of ketones is 1. The van der Waals surface area contributed by atoms with Gasteiger partial charge in [-0.2, -0.15) is 0 Å². The van der Waals surface area contributed by atoms with Crippen LogP contribution in [0.25, 0.3) is 0 Å². The molecule has 29 heavy (non-hydrogen) atoms. The van der Waals surface area contributed by atoms with Crippen LogP contribution >= 0.6 is 0 Å². The largest absolute Gasteiger partial charge is 0.429 e. The standard InChI is InChI=1S/C24H30O5/c1-21-8-5-14(25)11-13(21)3-4-16-15(21)6-9-22(2)17(12-18-24(16,22)28-18)23-10-7-19(26)27-20(23)29-23/h7,10,13,15-18,20H,3-6,8-9,11-12H2,1-2H3. The number of hydrogen-bond donors (Lipinski definition) is 0. The first kappa shape index (κ1) is 17.5. The summed E-state index contributed by atoms with van der Waals surface area (Å²) in [5, 5.41) is 0. The molecule has 0 aromatic rings. The molecule has 5 heteroatoms. The number of Topliss-reactive ketones (excluding diaryl/α,β-unsaturated/α-hetero) is 1. The predicted octanol–water partition coefficient (Wildman–Crippen LogP) is 3.55. The topological polar surface area (TPSA) is 68.4 Å². The van der Waals surface area contributed by atoms with Crippen molar-refractivity contribution < 1.29 is 23.8 Å². The number of carbonyl (C=O) groups excluding carboxylic acids is 2. The van der Waals surface area contributed by atoms with Gasteiger partial charge in [-0.25, -0.2) is 4.79 Å². The Labute approximate surface area is 171 Å². The van der Waals surface area contributed by atoms with Crippen LogP contribution in [0.15, 0.2) is 12.2 Å². The van der Waals surface area contributed by atoms with Crippen LogP contribution in [0, 0.1) is 34.5 Å². The highest BCUT2D eigenvalue weighted by molar-refractivity contribution is 5.84. The van der Waals surface area contributed by atoms with Gasteiger partial charge in [-0.05, 0) is 67.8 Å². The first-order valence-corrected chi connectivity index (χ1v) is 11.6. The summed E-state index contributed by atoms with van der Waals surface area (Å²) in [6.45, 7) is 4.91. The number of hydrogen-bond acceptors (Lipinski definition) is 5. The van der Waals surface area contributed by atoms with Crippen LogP contribution in [0.3, 0.4) is 0 Å². The van der Waals surface area contributed by atoms with Gasteiger partial charge in [0.25, 0.3) is 0 Å². The Morgan fingerprint density at radius 1 is 1.03 bits per heavy atom. The Morgan fingerprint density at radius 3 is 2.72 bits per heavy atom. The molecule has 1 spiro atoms. The third-order valence-corrected chi connectivity index (χ3v) is 10.8. The number of rotatable bonds is 1. The van der Waals surface area contributed by atoms with Crippen molar-refractivity contribution in [3.8, 4) is 0 Å². The molecular weight excluding hydrogens is 368 g/mol. The number of ether oxygens (including phenoxy) is 3. The van der Waals surface area contributed by atoms with Gasteiger partial charge in [0.05, 0.1) is 6.10 Å². The van der Waals surface area contributed by atoms with Gasteiger partial charge in [-0.3, -0.25) is 4.79 Å². The van der Waals surface area contributed by atoms with E-state index in [1.807, 2.05) is 6.08 Å². The van der Waals surface area contributed by atoms with Gasteiger partial charge in [0.1, 0.15) is 11.4 Å². The van der Waals surface area contributed by atoms with Gasteiger partial charge in [0.15, 0.2) is 5.60 Å². The highest BCUT2D eigenvalue weighted by atomic mass is 16.8. The Bertz CT molecular complexity index is 865. The van der Waals surface area contributed by atoms with Gasteiger partial charge >= 0.3 is 5.97 Å². The fraction of sp³-hybridized carbons (Fsp3) is 0.833. The molecule has 0 radical (unpaired) electrons. The molecule has 0 aromatic heterocycles. The molecule has 4 saturated carbocycles. The van der Waals surface area contributed by atoms with Crippen LogP contribution in [0.1, 0.15) is 65.2 Å². The minimum atomic E-state index is -0.419. The lowest BCUT2D eigenvalue weighted by molar-refractivity contribution is -0.151. The van der Waals surface area contributed by atoms with Crippen LogP contribution in [0.2, 0.25) is 0 Å². The highest BCUT2D eigenvalue weighted by Crippen LogP contribution is 2.79. The van der Waals surface area contributed by atoms with E-state index in [4.69, 9.17) is 14.2 Å². The van der Waals surface area contributed by atoms with E-state index in [-0.39, 0.29) is 17.0 Å². The van der Waals surface area contributed by atoms with E-state index >= 15 is 0 Å². The van der Waals surface area contributed by atoms with E-state index in [1.165, 1.54) is 19.3 Å². The third-order valence-electron chi connectivity index (χ3n) is 10.8. The van der Waals surface area contributed by atoms with Crippen LogP contribution in [-0.4, -0.2) is 35.3 Å². The van der Waals surface area contributed by atoms with Crippen molar-refractivity contribution in [2.75, 3.05) is 0 Å².